The maximum atomic E-state index is 5.81. The number of hydrogen-bond donors (Lipinski definition) is 1. The van der Waals surface area contributed by atoms with Crippen molar-refractivity contribution in [1.29, 1.82) is 0 Å². The highest BCUT2D eigenvalue weighted by Crippen LogP contribution is 2.25. The SMILES string of the molecule is CCCCCOc1cc(N)cc(OC(C)C)c1. The molecule has 0 radical (unpaired) electrons. The molecule has 0 atom stereocenters. The molecule has 96 valence electrons. The third kappa shape index (κ3) is 5.48. The highest BCUT2D eigenvalue weighted by atomic mass is 16.5. The van der Waals surface area contributed by atoms with Gasteiger partial charge in [0, 0.05) is 23.9 Å². The Morgan fingerprint density at radius 1 is 1.12 bits per heavy atom. The minimum Gasteiger partial charge on any atom is -0.493 e. The summed E-state index contributed by atoms with van der Waals surface area (Å²) >= 11 is 0. The van der Waals surface area contributed by atoms with E-state index in [0.29, 0.717) is 5.69 Å². The van der Waals surface area contributed by atoms with Crippen molar-refractivity contribution in [2.75, 3.05) is 12.3 Å². The number of hydrogen-bond acceptors (Lipinski definition) is 3. The van der Waals surface area contributed by atoms with E-state index >= 15 is 0 Å². The van der Waals surface area contributed by atoms with Crippen LogP contribution in [0.4, 0.5) is 5.69 Å². The van der Waals surface area contributed by atoms with E-state index in [4.69, 9.17) is 15.2 Å². The van der Waals surface area contributed by atoms with Crippen molar-refractivity contribution in [2.45, 2.75) is 46.1 Å². The summed E-state index contributed by atoms with van der Waals surface area (Å²) in [5, 5.41) is 0. The number of benzene rings is 1. The third-order valence-electron chi connectivity index (χ3n) is 2.29. The van der Waals surface area contributed by atoms with Crippen LogP contribution in [0.1, 0.15) is 40.0 Å². The van der Waals surface area contributed by atoms with Crippen LogP contribution in [0.15, 0.2) is 18.2 Å². The zero-order valence-corrected chi connectivity index (χ0v) is 11.0. The maximum absolute atomic E-state index is 5.81. The molecule has 0 aliphatic rings. The van der Waals surface area contributed by atoms with Gasteiger partial charge >= 0.3 is 0 Å². The lowest BCUT2D eigenvalue weighted by Gasteiger charge is -2.12. The monoisotopic (exact) mass is 237 g/mol. The van der Waals surface area contributed by atoms with Crippen LogP contribution in [0.5, 0.6) is 11.5 Å². The largest absolute Gasteiger partial charge is 0.493 e. The topological polar surface area (TPSA) is 44.5 Å². The van der Waals surface area contributed by atoms with Gasteiger partial charge in [-0.15, -0.1) is 0 Å². The predicted octanol–water partition coefficient (Wildman–Crippen LogP) is 3.63. The molecule has 2 N–H and O–H groups in total. The van der Waals surface area contributed by atoms with Gasteiger partial charge in [-0.2, -0.15) is 0 Å². The molecule has 0 aliphatic heterocycles. The lowest BCUT2D eigenvalue weighted by Crippen LogP contribution is -2.06. The van der Waals surface area contributed by atoms with E-state index in [1.807, 2.05) is 32.0 Å². The van der Waals surface area contributed by atoms with Crippen molar-refractivity contribution in [2.24, 2.45) is 0 Å². The van der Waals surface area contributed by atoms with Gasteiger partial charge in [0.25, 0.3) is 0 Å². The highest BCUT2D eigenvalue weighted by Gasteiger charge is 2.03. The fourth-order valence-corrected chi connectivity index (χ4v) is 1.56. The van der Waals surface area contributed by atoms with E-state index in [9.17, 15) is 0 Å². The molecule has 0 unspecified atom stereocenters. The van der Waals surface area contributed by atoms with Crippen molar-refractivity contribution in [3.05, 3.63) is 18.2 Å². The second-order valence-electron chi connectivity index (χ2n) is 4.46. The van der Waals surface area contributed by atoms with E-state index in [2.05, 4.69) is 6.92 Å². The molecule has 0 aliphatic carbocycles. The standard InChI is InChI=1S/C14H23NO2/c1-4-5-6-7-16-13-8-12(15)9-14(10-13)17-11(2)3/h8-11H,4-7,15H2,1-3H3. The predicted molar refractivity (Wildman–Crippen MR) is 71.6 cm³/mol. The summed E-state index contributed by atoms with van der Waals surface area (Å²) in [6.07, 6.45) is 3.61. The molecule has 0 fully saturated rings. The molecular weight excluding hydrogens is 214 g/mol. The van der Waals surface area contributed by atoms with Crippen LogP contribution in [0.2, 0.25) is 0 Å². The number of rotatable bonds is 7. The Hall–Kier alpha value is -1.38. The second kappa shape index (κ2) is 7.05. The van der Waals surface area contributed by atoms with Gasteiger partial charge in [-0.25, -0.2) is 0 Å². The van der Waals surface area contributed by atoms with Crippen molar-refractivity contribution in [3.63, 3.8) is 0 Å². The Morgan fingerprint density at radius 3 is 2.47 bits per heavy atom. The number of nitrogen functional groups attached to an aromatic ring is 1. The van der Waals surface area contributed by atoms with E-state index in [-0.39, 0.29) is 6.10 Å². The number of anilines is 1. The zero-order chi connectivity index (χ0) is 12.7. The molecule has 1 rings (SSSR count). The highest BCUT2D eigenvalue weighted by molar-refractivity contribution is 5.50. The number of nitrogens with two attached hydrogens (primary N) is 1. The number of unbranched alkanes of at least 4 members (excludes halogenated alkanes) is 2. The third-order valence-corrected chi connectivity index (χ3v) is 2.29. The fourth-order valence-electron chi connectivity index (χ4n) is 1.56. The van der Waals surface area contributed by atoms with Crippen LogP contribution in [-0.2, 0) is 0 Å². The molecule has 1 aromatic carbocycles. The maximum Gasteiger partial charge on any atom is 0.125 e. The summed E-state index contributed by atoms with van der Waals surface area (Å²) in [4.78, 5) is 0. The Balaban J connectivity index is 2.56. The average molecular weight is 237 g/mol. The van der Waals surface area contributed by atoms with E-state index in [1.54, 1.807) is 0 Å². The summed E-state index contributed by atoms with van der Waals surface area (Å²) in [6, 6.07) is 5.54. The minimum atomic E-state index is 0.143. The van der Waals surface area contributed by atoms with Crippen LogP contribution in [0, 0.1) is 0 Å². The summed E-state index contributed by atoms with van der Waals surface area (Å²) in [7, 11) is 0. The number of ether oxygens (including phenoxy) is 2. The van der Waals surface area contributed by atoms with Crippen molar-refractivity contribution in [1.82, 2.24) is 0 Å². The van der Waals surface area contributed by atoms with Crippen LogP contribution in [0.3, 0.4) is 0 Å². The molecule has 3 heteroatoms. The molecule has 3 nitrogen and oxygen atoms in total. The molecule has 0 spiro atoms. The molecule has 0 bridgehead atoms. The van der Waals surface area contributed by atoms with Gasteiger partial charge in [-0.3, -0.25) is 0 Å². The molecule has 0 saturated heterocycles. The first-order chi connectivity index (χ1) is 8.11. The van der Waals surface area contributed by atoms with Crippen LogP contribution < -0.4 is 15.2 Å². The van der Waals surface area contributed by atoms with Gasteiger partial charge in [0.1, 0.15) is 11.5 Å². The molecule has 1 aromatic rings. The molecule has 0 heterocycles. The van der Waals surface area contributed by atoms with E-state index in [0.717, 1.165) is 24.5 Å². The smallest absolute Gasteiger partial charge is 0.125 e. The second-order valence-corrected chi connectivity index (χ2v) is 4.46. The van der Waals surface area contributed by atoms with Gasteiger partial charge < -0.3 is 15.2 Å². The molecule has 0 amide bonds. The van der Waals surface area contributed by atoms with Gasteiger partial charge in [0.15, 0.2) is 0 Å². The van der Waals surface area contributed by atoms with Crippen molar-refractivity contribution in [3.8, 4) is 11.5 Å². The van der Waals surface area contributed by atoms with Gasteiger partial charge in [-0.05, 0) is 20.3 Å². The minimum absolute atomic E-state index is 0.143. The Kier molecular flexibility index (Phi) is 5.67. The lowest BCUT2D eigenvalue weighted by molar-refractivity contribution is 0.240. The molecular formula is C14H23NO2. The lowest BCUT2D eigenvalue weighted by atomic mass is 10.2. The Morgan fingerprint density at radius 2 is 1.82 bits per heavy atom. The van der Waals surface area contributed by atoms with Gasteiger partial charge in [0.05, 0.1) is 12.7 Å². The zero-order valence-electron chi connectivity index (χ0n) is 11.0. The average Bonchev–Trinajstić information content (AvgIpc) is 2.22. The molecule has 0 aromatic heterocycles. The summed E-state index contributed by atoms with van der Waals surface area (Å²) < 4.78 is 11.3. The quantitative estimate of drug-likeness (QED) is 0.582. The molecule has 0 saturated carbocycles. The van der Waals surface area contributed by atoms with Crippen LogP contribution >= 0.6 is 0 Å². The Bertz CT molecular complexity index is 337. The Labute approximate surface area is 104 Å². The van der Waals surface area contributed by atoms with Crippen LogP contribution in [0.25, 0.3) is 0 Å². The first-order valence-corrected chi connectivity index (χ1v) is 6.32. The first-order valence-electron chi connectivity index (χ1n) is 6.32. The van der Waals surface area contributed by atoms with Crippen molar-refractivity contribution < 1.29 is 9.47 Å². The summed E-state index contributed by atoms with van der Waals surface area (Å²) in [5.74, 6) is 1.56. The normalized spacial score (nSPS) is 10.6. The van der Waals surface area contributed by atoms with Crippen LogP contribution in [-0.4, -0.2) is 12.7 Å². The van der Waals surface area contributed by atoms with E-state index < -0.39 is 0 Å². The van der Waals surface area contributed by atoms with Gasteiger partial charge in [0.2, 0.25) is 0 Å². The first kappa shape index (κ1) is 13.7. The van der Waals surface area contributed by atoms with Crippen molar-refractivity contribution >= 4 is 5.69 Å². The van der Waals surface area contributed by atoms with Gasteiger partial charge in [-0.1, -0.05) is 19.8 Å². The summed E-state index contributed by atoms with van der Waals surface area (Å²) in [6.45, 7) is 6.89. The molecule has 17 heavy (non-hydrogen) atoms. The van der Waals surface area contributed by atoms with E-state index in [1.165, 1.54) is 12.8 Å². The summed E-state index contributed by atoms with van der Waals surface area (Å²) in [5.41, 5.74) is 6.48. The fraction of sp³-hybridized carbons (Fsp3) is 0.571.